The highest BCUT2D eigenvalue weighted by atomic mass is 35.5. The van der Waals surface area contributed by atoms with Crippen LogP contribution < -0.4 is 14.2 Å². The molecule has 1 heterocycles. The van der Waals surface area contributed by atoms with Crippen molar-refractivity contribution in [2.75, 3.05) is 13.1 Å². The van der Waals surface area contributed by atoms with E-state index in [9.17, 15) is 30.8 Å². The minimum atomic E-state index is -4.95. The smallest absolute Gasteiger partial charge is 0.456 e. The minimum Gasteiger partial charge on any atom is -0.456 e. The molecular formula is C17H12Cl2F4N2O5S. The first-order chi connectivity index (χ1) is 14.4. The van der Waals surface area contributed by atoms with Gasteiger partial charge in [0.2, 0.25) is 0 Å². The maximum Gasteiger partial charge on any atom is 0.573 e. The van der Waals surface area contributed by atoms with Crippen LogP contribution >= 0.6 is 23.2 Å². The number of hydrogen-bond donors (Lipinski definition) is 1. The first-order valence-corrected chi connectivity index (χ1v) is 10.6. The number of benzene rings is 2. The van der Waals surface area contributed by atoms with Crippen LogP contribution in [0.1, 0.15) is 16.8 Å². The average Bonchev–Trinajstić information content (AvgIpc) is 2.56. The number of alkyl halides is 3. The van der Waals surface area contributed by atoms with Crippen LogP contribution in [0.3, 0.4) is 0 Å². The Kier molecular flexibility index (Phi) is 6.56. The van der Waals surface area contributed by atoms with E-state index in [1.807, 2.05) is 0 Å². The molecule has 2 aromatic carbocycles. The SMILES string of the molecule is O=C(NS(=O)(=O)N1CCC1)c1cc(Cl)c(Oc2ccc(OC(F)(F)F)c(Cl)c2)cc1F. The highest BCUT2D eigenvalue weighted by molar-refractivity contribution is 7.87. The Bertz CT molecular complexity index is 1120. The molecule has 0 radical (unpaired) electrons. The molecule has 31 heavy (non-hydrogen) atoms. The van der Waals surface area contributed by atoms with Crippen molar-refractivity contribution in [3.63, 3.8) is 0 Å². The molecule has 14 heteroatoms. The molecule has 0 unspecified atom stereocenters. The quantitative estimate of drug-likeness (QED) is 0.587. The molecule has 1 aliphatic heterocycles. The number of ether oxygens (including phenoxy) is 2. The summed E-state index contributed by atoms with van der Waals surface area (Å²) in [6, 6.07) is 4.52. The molecule has 0 spiro atoms. The van der Waals surface area contributed by atoms with Gasteiger partial charge in [0, 0.05) is 25.2 Å². The van der Waals surface area contributed by atoms with Crippen LogP contribution in [0.15, 0.2) is 30.3 Å². The van der Waals surface area contributed by atoms with Crippen molar-refractivity contribution >= 4 is 39.3 Å². The summed E-state index contributed by atoms with van der Waals surface area (Å²) < 4.78 is 87.0. The van der Waals surface area contributed by atoms with Gasteiger partial charge in [0.05, 0.1) is 15.6 Å². The number of amides is 1. The van der Waals surface area contributed by atoms with Crippen molar-refractivity contribution in [1.82, 2.24) is 9.03 Å². The van der Waals surface area contributed by atoms with Crippen LogP contribution in [-0.2, 0) is 10.2 Å². The van der Waals surface area contributed by atoms with Gasteiger partial charge in [-0.3, -0.25) is 4.79 Å². The van der Waals surface area contributed by atoms with Gasteiger partial charge in [-0.2, -0.15) is 12.7 Å². The summed E-state index contributed by atoms with van der Waals surface area (Å²) in [5.41, 5.74) is -0.645. The lowest BCUT2D eigenvalue weighted by molar-refractivity contribution is -0.274. The van der Waals surface area contributed by atoms with E-state index in [-0.39, 0.29) is 29.6 Å². The molecule has 1 aliphatic rings. The second-order valence-corrected chi connectivity index (χ2v) is 8.68. The van der Waals surface area contributed by atoms with Gasteiger partial charge < -0.3 is 9.47 Å². The van der Waals surface area contributed by atoms with E-state index in [1.54, 1.807) is 4.72 Å². The topological polar surface area (TPSA) is 84.9 Å². The third-order valence-electron chi connectivity index (χ3n) is 4.00. The first-order valence-electron chi connectivity index (χ1n) is 8.40. The van der Waals surface area contributed by atoms with Gasteiger partial charge in [-0.1, -0.05) is 23.2 Å². The second-order valence-electron chi connectivity index (χ2n) is 6.19. The van der Waals surface area contributed by atoms with Crippen molar-refractivity contribution in [3.8, 4) is 17.2 Å². The highest BCUT2D eigenvalue weighted by Gasteiger charge is 2.32. The molecule has 0 saturated carbocycles. The van der Waals surface area contributed by atoms with Gasteiger partial charge in [0.1, 0.15) is 23.1 Å². The Morgan fingerprint density at radius 1 is 1.06 bits per heavy atom. The monoisotopic (exact) mass is 502 g/mol. The summed E-state index contributed by atoms with van der Waals surface area (Å²) >= 11 is 11.7. The standard InChI is InChI=1S/C17H12Cl2F4N2O5S/c18-11-6-9(2-3-14(11)30-17(21,22)23)29-15-8-13(20)10(7-12(15)19)16(26)24-31(27,28)25-4-1-5-25/h2-3,6-8H,1,4-5H2,(H,24,26). The summed E-state index contributed by atoms with van der Waals surface area (Å²) in [5, 5.41) is -0.696. The summed E-state index contributed by atoms with van der Waals surface area (Å²) in [5.74, 6) is -3.43. The molecule has 168 valence electrons. The molecule has 1 N–H and O–H groups in total. The first kappa shape index (κ1) is 23.4. The lowest BCUT2D eigenvalue weighted by Gasteiger charge is -2.29. The third-order valence-corrected chi connectivity index (χ3v) is 6.08. The number of carbonyl (C=O) groups is 1. The predicted octanol–water partition coefficient (Wildman–Crippen LogP) is 4.50. The minimum absolute atomic E-state index is 0.0987. The number of hydrogen-bond acceptors (Lipinski definition) is 5. The molecule has 0 atom stereocenters. The van der Waals surface area contributed by atoms with Crippen LogP contribution in [0, 0.1) is 5.82 Å². The fourth-order valence-corrected chi connectivity index (χ4v) is 4.05. The average molecular weight is 503 g/mol. The van der Waals surface area contributed by atoms with E-state index in [0.717, 1.165) is 34.6 Å². The molecule has 1 fully saturated rings. The van der Waals surface area contributed by atoms with E-state index < -0.39 is 44.6 Å². The number of halogens is 6. The molecule has 0 aromatic heterocycles. The van der Waals surface area contributed by atoms with Crippen molar-refractivity contribution in [1.29, 1.82) is 0 Å². The Labute approximate surface area is 183 Å². The lowest BCUT2D eigenvalue weighted by atomic mass is 10.2. The largest absolute Gasteiger partial charge is 0.573 e. The summed E-state index contributed by atoms with van der Waals surface area (Å²) in [4.78, 5) is 12.2. The fourth-order valence-electron chi connectivity index (χ4n) is 2.42. The number of rotatable bonds is 6. The zero-order valence-electron chi connectivity index (χ0n) is 15.2. The van der Waals surface area contributed by atoms with E-state index in [2.05, 4.69) is 4.74 Å². The van der Waals surface area contributed by atoms with Gasteiger partial charge >= 0.3 is 16.6 Å². The van der Waals surface area contributed by atoms with Gasteiger partial charge in [-0.25, -0.2) is 9.11 Å². The van der Waals surface area contributed by atoms with E-state index in [4.69, 9.17) is 27.9 Å². The van der Waals surface area contributed by atoms with Gasteiger partial charge in [0.15, 0.2) is 0 Å². The number of nitrogens with zero attached hydrogens (tertiary/aromatic N) is 1. The van der Waals surface area contributed by atoms with Crippen molar-refractivity contribution in [3.05, 3.63) is 51.8 Å². The Morgan fingerprint density at radius 2 is 1.71 bits per heavy atom. The third kappa shape index (κ3) is 5.70. The maximum atomic E-state index is 14.4. The summed E-state index contributed by atoms with van der Waals surface area (Å²) in [7, 11) is -4.09. The van der Waals surface area contributed by atoms with Gasteiger partial charge in [0.25, 0.3) is 5.91 Å². The van der Waals surface area contributed by atoms with Crippen LogP contribution in [0.5, 0.6) is 17.2 Å². The van der Waals surface area contributed by atoms with Crippen molar-refractivity contribution in [2.24, 2.45) is 0 Å². The Morgan fingerprint density at radius 3 is 2.26 bits per heavy atom. The molecular weight excluding hydrogens is 491 g/mol. The molecule has 3 rings (SSSR count). The Hall–Kier alpha value is -2.28. The highest BCUT2D eigenvalue weighted by Crippen LogP contribution is 2.37. The van der Waals surface area contributed by atoms with E-state index >= 15 is 0 Å². The summed E-state index contributed by atoms with van der Waals surface area (Å²) in [6.45, 7) is 0.488. The predicted molar refractivity (Wildman–Crippen MR) is 102 cm³/mol. The van der Waals surface area contributed by atoms with Crippen molar-refractivity contribution < 1.29 is 40.2 Å². The molecule has 0 bridgehead atoms. The van der Waals surface area contributed by atoms with Crippen LogP contribution in [0.25, 0.3) is 0 Å². The van der Waals surface area contributed by atoms with E-state index in [1.165, 1.54) is 0 Å². The van der Waals surface area contributed by atoms with Gasteiger partial charge in [-0.15, -0.1) is 13.2 Å². The van der Waals surface area contributed by atoms with Gasteiger partial charge in [-0.05, 0) is 24.6 Å². The number of carbonyl (C=O) groups excluding carboxylic acids is 1. The molecule has 1 amide bonds. The number of nitrogens with one attached hydrogen (secondary N) is 1. The zero-order valence-corrected chi connectivity index (χ0v) is 17.5. The molecule has 7 nitrogen and oxygen atoms in total. The van der Waals surface area contributed by atoms with E-state index in [0.29, 0.717) is 6.42 Å². The second kappa shape index (κ2) is 8.69. The molecule has 1 saturated heterocycles. The maximum absolute atomic E-state index is 14.4. The zero-order chi connectivity index (χ0) is 23.0. The van der Waals surface area contributed by atoms with Crippen molar-refractivity contribution in [2.45, 2.75) is 12.8 Å². The summed E-state index contributed by atoms with van der Waals surface area (Å²) in [6.07, 6.45) is -4.30. The lowest BCUT2D eigenvalue weighted by Crippen LogP contribution is -2.49. The Balaban J connectivity index is 1.77. The molecule has 0 aliphatic carbocycles. The van der Waals surface area contributed by atoms with Crippen LogP contribution in [-0.4, -0.2) is 38.1 Å². The van der Waals surface area contributed by atoms with Crippen LogP contribution in [0.2, 0.25) is 10.0 Å². The fraction of sp³-hybridized carbons (Fsp3) is 0.235. The normalized spacial score (nSPS) is 14.6. The van der Waals surface area contributed by atoms with Crippen LogP contribution in [0.4, 0.5) is 17.6 Å². The molecule has 2 aromatic rings.